The van der Waals surface area contributed by atoms with Gasteiger partial charge < -0.3 is 0 Å². The highest BCUT2D eigenvalue weighted by Gasteiger charge is 2.17. The highest BCUT2D eigenvalue weighted by atomic mass is 35.5. The molecule has 0 aliphatic heterocycles. The van der Waals surface area contributed by atoms with E-state index in [1.807, 2.05) is 30.3 Å². The van der Waals surface area contributed by atoms with Crippen molar-refractivity contribution in [2.45, 2.75) is 6.42 Å². The highest BCUT2D eigenvalue weighted by Crippen LogP contribution is 2.35. The fourth-order valence-electron chi connectivity index (χ4n) is 1.67. The Balaban J connectivity index is 2.36. The first-order valence-corrected chi connectivity index (χ1v) is 6.00. The van der Waals surface area contributed by atoms with Crippen LogP contribution >= 0.6 is 23.2 Å². The van der Waals surface area contributed by atoms with E-state index in [9.17, 15) is 10.1 Å². The Morgan fingerprint density at radius 1 is 1.00 bits per heavy atom. The summed E-state index contributed by atoms with van der Waals surface area (Å²) in [5, 5.41) is 10.9. The molecule has 0 amide bonds. The summed E-state index contributed by atoms with van der Waals surface area (Å²) in [5.41, 5.74) is 1.68. The molecule has 92 valence electrons. The zero-order valence-corrected chi connectivity index (χ0v) is 10.8. The van der Waals surface area contributed by atoms with Gasteiger partial charge in [0.15, 0.2) is 0 Å². The maximum absolute atomic E-state index is 10.7. The van der Waals surface area contributed by atoms with Crippen molar-refractivity contribution >= 4 is 28.9 Å². The first-order valence-electron chi connectivity index (χ1n) is 5.25. The molecule has 0 aliphatic carbocycles. The molecule has 0 N–H and O–H groups in total. The molecule has 0 aromatic heterocycles. The monoisotopic (exact) mass is 281 g/mol. The summed E-state index contributed by atoms with van der Waals surface area (Å²) in [6.45, 7) is 0. The molecule has 2 aromatic carbocycles. The number of benzene rings is 2. The van der Waals surface area contributed by atoms with Crippen LogP contribution in [0.2, 0.25) is 10.0 Å². The first-order chi connectivity index (χ1) is 8.59. The number of hydrogen-bond donors (Lipinski definition) is 0. The van der Waals surface area contributed by atoms with Crippen molar-refractivity contribution < 1.29 is 4.92 Å². The molecule has 2 aromatic rings. The second-order valence-corrected chi connectivity index (χ2v) is 4.55. The number of nitro groups is 1. The number of nitro benzene ring substituents is 1. The maximum Gasteiger partial charge on any atom is 0.289 e. The van der Waals surface area contributed by atoms with Crippen molar-refractivity contribution in [1.29, 1.82) is 0 Å². The zero-order valence-electron chi connectivity index (χ0n) is 9.27. The smallest absolute Gasteiger partial charge is 0.258 e. The van der Waals surface area contributed by atoms with Crippen LogP contribution in [0.4, 0.5) is 5.69 Å². The Labute approximate surface area is 114 Å². The summed E-state index contributed by atoms with van der Waals surface area (Å²) in [6.07, 6.45) is 0.595. The lowest BCUT2D eigenvalue weighted by molar-refractivity contribution is -0.384. The molecule has 0 fully saturated rings. The van der Waals surface area contributed by atoms with Gasteiger partial charge in [0.25, 0.3) is 5.69 Å². The third-order valence-electron chi connectivity index (χ3n) is 2.58. The van der Waals surface area contributed by atoms with Crippen molar-refractivity contribution in [3.05, 3.63) is 73.8 Å². The van der Waals surface area contributed by atoms with Crippen molar-refractivity contribution in [3.63, 3.8) is 0 Å². The van der Waals surface area contributed by atoms with Crippen molar-refractivity contribution in [2.75, 3.05) is 0 Å². The Morgan fingerprint density at radius 3 is 2.28 bits per heavy atom. The average molecular weight is 282 g/mol. The molecule has 0 radical (unpaired) electrons. The molecule has 5 heteroatoms. The Morgan fingerprint density at radius 2 is 1.67 bits per heavy atom. The van der Waals surface area contributed by atoms with Crippen LogP contribution in [0.1, 0.15) is 11.1 Å². The summed E-state index contributed by atoms with van der Waals surface area (Å²) in [7, 11) is 0. The minimum atomic E-state index is -0.541. The van der Waals surface area contributed by atoms with E-state index in [-0.39, 0.29) is 15.7 Å². The predicted octanol–water partition coefficient (Wildman–Crippen LogP) is 4.49. The van der Waals surface area contributed by atoms with E-state index in [0.29, 0.717) is 6.42 Å². The molecule has 0 saturated carbocycles. The summed E-state index contributed by atoms with van der Waals surface area (Å²) < 4.78 is 0. The summed E-state index contributed by atoms with van der Waals surface area (Å²) >= 11 is 11.9. The number of halogens is 2. The number of nitrogens with zero attached hydrogens (tertiary/aromatic N) is 1. The third-order valence-corrected chi connectivity index (χ3v) is 3.49. The summed E-state index contributed by atoms with van der Waals surface area (Å²) in [5.74, 6) is 0. The normalized spacial score (nSPS) is 10.3. The predicted molar refractivity (Wildman–Crippen MR) is 72.4 cm³/mol. The van der Waals surface area contributed by atoms with E-state index < -0.39 is 4.92 Å². The molecule has 0 atom stereocenters. The quantitative estimate of drug-likeness (QED) is 0.614. The molecular weight excluding hydrogens is 273 g/mol. The minimum Gasteiger partial charge on any atom is -0.258 e. The van der Waals surface area contributed by atoms with Gasteiger partial charge in [0.1, 0.15) is 5.02 Å². The van der Waals surface area contributed by atoms with Gasteiger partial charge in [0.2, 0.25) is 0 Å². The van der Waals surface area contributed by atoms with Gasteiger partial charge in [-0.2, -0.15) is 0 Å². The summed E-state index contributed by atoms with van der Waals surface area (Å²) in [4.78, 5) is 10.2. The lowest BCUT2D eigenvalue weighted by atomic mass is 10.0. The lowest BCUT2D eigenvalue weighted by Crippen LogP contribution is -1.94. The largest absolute Gasteiger partial charge is 0.289 e. The fourth-order valence-corrected chi connectivity index (χ4v) is 2.15. The third kappa shape index (κ3) is 2.63. The first kappa shape index (κ1) is 12.9. The fraction of sp³-hybridized carbons (Fsp3) is 0.0769. The van der Waals surface area contributed by atoms with Gasteiger partial charge in [-0.1, -0.05) is 59.6 Å². The van der Waals surface area contributed by atoms with Crippen molar-refractivity contribution in [2.24, 2.45) is 0 Å². The molecule has 0 aliphatic rings. The lowest BCUT2D eigenvalue weighted by Gasteiger charge is -2.06. The molecule has 18 heavy (non-hydrogen) atoms. The van der Waals surface area contributed by atoms with Crippen LogP contribution in [0.5, 0.6) is 0 Å². The van der Waals surface area contributed by atoms with Crippen LogP contribution in [0.25, 0.3) is 0 Å². The van der Waals surface area contributed by atoms with Crippen LogP contribution in [-0.4, -0.2) is 4.92 Å². The van der Waals surface area contributed by atoms with Crippen LogP contribution in [0, 0.1) is 10.1 Å². The van der Waals surface area contributed by atoms with E-state index in [4.69, 9.17) is 23.2 Å². The Bertz CT molecular complexity index is 585. The van der Waals surface area contributed by atoms with Crippen LogP contribution in [-0.2, 0) is 6.42 Å². The molecule has 0 heterocycles. The van der Waals surface area contributed by atoms with Gasteiger partial charge in [0.05, 0.1) is 9.95 Å². The average Bonchev–Trinajstić information content (AvgIpc) is 2.36. The zero-order chi connectivity index (χ0) is 13.1. The SMILES string of the molecule is O=[N+]([O-])c1ccc(Cc2ccccc2)c(Cl)c1Cl. The van der Waals surface area contributed by atoms with Crippen molar-refractivity contribution in [3.8, 4) is 0 Å². The van der Waals surface area contributed by atoms with Crippen molar-refractivity contribution in [1.82, 2.24) is 0 Å². The molecule has 0 saturated heterocycles. The maximum atomic E-state index is 10.7. The van der Waals surface area contributed by atoms with E-state index >= 15 is 0 Å². The molecule has 3 nitrogen and oxygen atoms in total. The van der Waals surface area contributed by atoms with Crippen LogP contribution in [0.15, 0.2) is 42.5 Å². The standard InChI is InChI=1S/C13H9Cl2NO2/c14-12-10(8-9-4-2-1-3-5-9)6-7-11(13(12)15)16(17)18/h1-7H,8H2. The van der Waals surface area contributed by atoms with Gasteiger partial charge in [0, 0.05) is 6.07 Å². The molecular formula is C13H9Cl2NO2. The van der Waals surface area contributed by atoms with E-state index in [1.165, 1.54) is 6.07 Å². The van der Waals surface area contributed by atoms with Gasteiger partial charge in [-0.05, 0) is 17.5 Å². The van der Waals surface area contributed by atoms with Gasteiger partial charge >= 0.3 is 0 Å². The Hall–Kier alpha value is -1.58. The minimum absolute atomic E-state index is 0.00454. The highest BCUT2D eigenvalue weighted by molar-refractivity contribution is 6.43. The van der Waals surface area contributed by atoms with Crippen LogP contribution in [0.3, 0.4) is 0 Å². The van der Waals surface area contributed by atoms with Gasteiger partial charge in [-0.3, -0.25) is 10.1 Å². The molecule has 2 rings (SSSR count). The van der Waals surface area contributed by atoms with Gasteiger partial charge in [-0.15, -0.1) is 0 Å². The van der Waals surface area contributed by atoms with E-state index in [2.05, 4.69) is 0 Å². The molecule has 0 spiro atoms. The van der Waals surface area contributed by atoms with E-state index in [0.717, 1.165) is 11.1 Å². The summed E-state index contributed by atoms with van der Waals surface area (Å²) in [6, 6.07) is 12.7. The van der Waals surface area contributed by atoms with E-state index in [1.54, 1.807) is 6.07 Å². The number of hydrogen-bond acceptors (Lipinski definition) is 2. The van der Waals surface area contributed by atoms with Gasteiger partial charge in [-0.25, -0.2) is 0 Å². The topological polar surface area (TPSA) is 43.1 Å². The molecule has 0 bridgehead atoms. The second kappa shape index (κ2) is 5.38. The number of rotatable bonds is 3. The molecule has 0 unspecified atom stereocenters. The second-order valence-electron chi connectivity index (χ2n) is 3.79. The van der Waals surface area contributed by atoms with Crippen LogP contribution < -0.4 is 0 Å². The Kier molecular flexibility index (Phi) is 3.84.